The molecule has 1 aromatic carbocycles. The maximum absolute atomic E-state index is 14.3. The normalized spacial score (nSPS) is 13.5. The van der Waals surface area contributed by atoms with Gasteiger partial charge in [0.1, 0.15) is 23.4 Å². The van der Waals surface area contributed by atoms with Crippen molar-refractivity contribution in [2.75, 3.05) is 13.7 Å². The van der Waals surface area contributed by atoms with Crippen LogP contribution >= 0.6 is 11.9 Å². The standard InChI is InChI=1S/C18H22ClFN2O3/c1-3-18(11-21,17(23)25-19)8-4-5-13-14-9-12(24-2)6-7-16(14)22-10-15(13)20/h6-7,9-10H,3-5,8,11,21H2,1-2H3. The topological polar surface area (TPSA) is 74.4 Å². The molecule has 0 saturated carbocycles. The third-order valence-electron chi connectivity index (χ3n) is 4.79. The summed E-state index contributed by atoms with van der Waals surface area (Å²) < 4.78 is 23.9. The molecule has 136 valence electrons. The molecule has 0 amide bonds. The Morgan fingerprint density at radius 2 is 2.20 bits per heavy atom. The van der Waals surface area contributed by atoms with E-state index < -0.39 is 11.4 Å². The highest BCUT2D eigenvalue weighted by atomic mass is 35.5. The number of ether oxygens (including phenoxy) is 1. The highest BCUT2D eigenvalue weighted by Gasteiger charge is 2.36. The minimum Gasteiger partial charge on any atom is -0.497 e. The molecule has 1 atom stereocenters. The average Bonchev–Trinajstić information content (AvgIpc) is 2.66. The SMILES string of the molecule is CCC(CN)(CCCc1c(F)cnc2ccc(OC)cc12)C(=O)OCl. The monoisotopic (exact) mass is 368 g/mol. The Morgan fingerprint density at radius 3 is 2.80 bits per heavy atom. The molecule has 1 aromatic heterocycles. The van der Waals surface area contributed by atoms with Gasteiger partial charge in [-0.1, -0.05) is 6.92 Å². The van der Waals surface area contributed by atoms with E-state index in [2.05, 4.69) is 9.27 Å². The molecule has 0 aliphatic rings. The smallest absolute Gasteiger partial charge is 0.332 e. The number of methoxy groups -OCH3 is 1. The van der Waals surface area contributed by atoms with E-state index in [1.54, 1.807) is 25.3 Å². The Balaban J connectivity index is 2.25. The maximum Gasteiger partial charge on any atom is 0.332 e. The Labute approximate surface area is 151 Å². The number of nitrogens with zero attached hydrogens (tertiary/aromatic N) is 1. The minimum absolute atomic E-state index is 0.127. The number of rotatable bonds is 8. The van der Waals surface area contributed by atoms with Crippen molar-refractivity contribution >= 4 is 28.7 Å². The van der Waals surface area contributed by atoms with Crippen LogP contribution in [0, 0.1) is 11.2 Å². The van der Waals surface area contributed by atoms with Crippen molar-refractivity contribution in [1.82, 2.24) is 4.98 Å². The number of hydrogen-bond donors (Lipinski definition) is 1. The van der Waals surface area contributed by atoms with E-state index in [9.17, 15) is 9.18 Å². The van der Waals surface area contributed by atoms with Crippen molar-refractivity contribution in [1.29, 1.82) is 0 Å². The molecule has 25 heavy (non-hydrogen) atoms. The Kier molecular flexibility index (Phi) is 6.56. The second kappa shape index (κ2) is 8.45. The summed E-state index contributed by atoms with van der Waals surface area (Å²) in [6.07, 6.45) is 3.17. The van der Waals surface area contributed by atoms with Gasteiger partial charge < -0.3 is 14.8 Å². The summed E-state index contributed by atoms with van der Waals surface area (Å²) >= 11 is 5.24. The molecule has 0 aliphatic heterocycles. The van der Waals surface area contributed by atoms with Crippen molar-refractivity contribution < 1.29 is 18.2 Å². The first-order valence-electron chi connectivity index (χ1n) is 8.15. The summed E-state index contributed by atoms with van der Waals surface area (Å²) in [4.78, 5) is 16.1. The van der Waals surface area contributed by atoms with E-state index >= 15 is 0 Å². The van der Waals surface area contributed by atoms with E-state index in [-0.39, 0.29) is 12.4 Å². The summed E-state index contributed by atoms with van der Waals surface area (Å²) in [5.41, 5.74) is 6.16. The number of aromatic nitrogens is 1. The van der Waals surface area contributed by atoms with Crippen LogP contribution in [0.2, 0.25) is 0 Å². The molecule has 0 aliphatic carbocycles. The van der Waals surface area contributed by atoms with Crippen LogP contribution < -0.4 is 10.5 Å². The Morgan fingerprint density at radius 1 is 1.44 bits per heavy atom. The largest absolute Gasteiger partial charge is 0.497 e. The third-order valence-corrected chi connectivity index (χ3v) is 4.93. The first kappa shape index (κ1) is 19.4. The van der Waals surface area contributed by atoms with Gasteiger partial charge in [-0.2, -0.15) is 0 Å². The highest BCUT2D eigenvalue weighted by molar-refractivity contribution is 6.13. The van der Waals surface area contributed by atoms with Crippen molar-refractivity contribution in [3.63, 3.8) is 0 Å². The van der Waals surface area contributed by atoms with Crippen molar-refractivity contribution in [2.45, 2.75) is 32.6 Å². The molecular formula is C18H22ClFN2O3. The number of aryl methyl sites for hydroxylation is 1. The van der Waals surface area contributed by atoms with E-state index in [1.165, 1.54) is 6.20 Å². The number of nitrogens with two attached hydrogens (primary N) is 1. The van der Waals surface area contributed by atoms with Gasteiger partial charge in [0, 0.05) is 11.9 Å². The average molecular weight is 369 g/mol. The first-order chi connectivity index (χ1) is 12.0. The molecule has 0 fully saturated rings. The van der Waals surface area contributed by atoms with Crippen molar-refractivity contribution in [3.8, 4) is 5.75 Å². The second-order valence-corrected chi connectivity index (χ2v) is 6.18. The van der Waals surface area contributed by atoms with Crippen LogP contribution in [-0.4, -0.2) is 24.6 Å². The quantitative estimate of drug-likeness (QED) is 0.767. The Hall–Kier alpha value is -1.92. The lowest BCUT2D eigenvalue weighted by atomic mass is 9.80. The van der Waals surface area contributed by atoms with Gasteiger partial charge in [-0.05, 0) is 49.4 Å². The molecule has 1 heterocycles. The number of carbonyl (C=O) groups is 1. The number of hydrogen-bond acceptors (Lipinski definition) is 5. The second-order valence-electron chi connectivity index (χ2n) is 6.02. The van der Waals surface area contributed by atoms with Gasteiger partial charge >= 0.3 is 5.97 Å². The summed E-state index contributed by atoms with van der Waals surface area (Å²) in [6.45, 7) is 1.98. The third kappa shape index (κ3) is 4.02. The predicted molar refractivity (Wildman–Crippen MR) is 94.9 cm³/mol. The lowest BCUT2D eigenvalue weighted by Crippen LogP contribution is -2.38. The van der Waals surface area contributed by atoms with Crippen molar-refractivity contribution in [3.05, 3.63) is 35.8 Å². The van der Waals surface area contributed by atoms with Crippen molar-refractivity contribution in [2.24, 2.45) is 11.1 Å². The molecule has 2 aromatic rings. The van der Waals surface area contributed by atoms with Crippen LogP contribution in [0.4, 0.5) is 4.39 Å². The van der Waals surface area contributed by atoms with Crippen LogP contribution in [-0.2, 0) is 15.5 Å². The molecule has 2 N–H and O–H groups in total. The van der Waals surface area contributed by atoms with Gasteiger partial charge in [-0.3, -0.25) is 4.98 Å². The number of halogens is 2. The molecule has 0 saturated heterocycles. The zero-order chi connectivity index (χ0) is 18.4. The number of benzene rings is 1. The van der Waals surface area contributed by atoms with Gasteiger partial charge in [0.25, 0.3) is 0 Å². The fourth-order valence-corrected chi connectivity index (χ4v) is 3.19. The fraction of sp³-hybridized carbons (Fsp3) is 0.444. The lowest BCUT2D eigenvalue weighted by Gasteiger charge is -2.27. The maximum atomic E-state index is 14.3. The molecular weight excluding hydrogens is 347 g/mol. The van der Waals surface area contributed by atoms with Crippen LogP contribution in [0.15, 0.2) is 24.4 Å². The molecule has 2 rings (SSSR count). The predicted octanol–water partition coefficient (Wildman–Crippen LogP) is 3.76. The van der Waals surface area contributed by atoms with Gasteiger partial charge in [-0.25, -0.2) is 9.18 Å². The number of fused-ring (bicyclic) bond motifs is 1. The van der Waals surface area contributed by atoms with Crippen LogP contribution in [0.5, 0.6) is 5.75 Å². The summed E-state index contributed by atoms with van der Waals surface area (Å²) in [5, 5.41) is 0.703. The molecule has 0 radical (unpaired) electrons. The number of carbonyl (C=O) groups excluding carboxylic acids is 1. The van der Waals surface area contributed by atoms with Crippen LogP contribution in [0.25, 0.3) is 10.9 Å². The van der Waals surface area contributed by atoms with Gasteiger partial charge in [0.15, 0.2) is 0 Å². The van der Waals surface area contributed by atoms with Gasteiger partial charge in [-0.15, -0.1) is 0 Å². The molecule has 0 spiro atoms. The van der Waals surface area contributed by atoms with Crippen LogP contribution in [0.3, 0.4) is 0 Å². The van der Waals surface area contributed by atoms with Crippen LogP contribution in [0.1, 0.15) is 31.7 Å². The molecule has 5 nitrogen and oxygen atoms in total. The highest BCUT2D eigenvalue weighted by Crippen LogP contribution is 2.32. The summed E-state index contributed by atoms with van der Waals surface area (Å²) in [5.74, 6) is -0.284. The van der Waals surface area contributed by atoms with E-state index in [0.717, 1.165) is 0 Å². The van der Waals surface area contributed by atoms with E-state index in [4.69, 9.17) is 22.3 Å². The summed E-state index contributed by atoms with van der Waals surface area (Å²) in [7, 11) is 1.56. The first-order valence-corrected chi connectivity index (χ1v) is 8.46. The number of pyridine rings is 1. The van der Waals surface area contributed by atoms with Gasteiger partial charge in [0.2, 0.25) is 0 Å². The Bertz CT molecular complexity index is 750. The summed E-state index contributed by atoms with van der Waals surface area (Å²) in [6, 6.07) is 5.34. The zero-order valence-electron chi connectivity index (χ0n) is 14.4. The minimum atomic E-state index is -0.848. The van der Waals surface area contributed by atoms with Gasteiger partial charge in [0.05, 0.1) is 24.2 Å². The molecule has 7 heteroatoms. The van der Waals surface area contributed by atoms with E-state index in [0.29, 0.717) is 47.9 Å². The van der Waals surface area contributed by atoms with E-state index in [1.807, 2.05) is 6.92 Å². The zero-order valence-corrected chi connectivity index (χ0v) is 15.1. The molecule has 1 unspecified atom stereocenters. The lowest BCUT2D eigenvalue weighted by molar-refractivity contribution is -0.145. The molecule has 0 bridgehead atoms. The fourth-order valence-electron chi connectivity index (χ4n) is 3.02.